The molecule has 0 spiro atoms. The molecule has 0 aliphatic heterocycles. The third kappa shape index (κ3) is 4.61. The molecule has 0 aliphatic rings. The van der Waals surface area contributed by atoms with Gasteiger partial charge in [0.2, 0.25) is 9.84 Å². The second-order valence-electron chi connectivity index (χ2n) is 6.77. The van der Waals surface area contributed by atoms with Gasteiger partial charge in [0.1, 0.15) is 0 Å². The summed E-state index contributed by atoms with van der Waals surface area (Å²) in [5.41, 5.74) is 2.27. The van der Waals surface area contributed by atoms with E-state index in [9.17, 15) is 25.3 Å². The van der Waals surface area contributed by atoms with Gasteiger partial charge >= 0.3 is 0 Å². The smallest absolute Gasteiger partial charge is 0.210 e. The Labute approximate surface area is 188 Å². The summed E-state index contributed by atoms with van der Waals surface area (Å²) >= 11 is 0. The van der Waals surface area contributed by atoms with Crippen molar-refractivity contribution in [3.05, 3.63) is 108 Å². The fourth-order valence-corrected chi connectivity index (χ4v) is 9.12. The standard InChI is InChI=1S/C23H20O6S3/c1-2-19(30(24,25)20-12-6-3-7-13-20)18-23(31(26,27)21-14-8-4-9-15-21)32(28,29)22-16-10-5-11-17-22/h3-17,23H,1,18H2. The van der Waals surface area contributed by atoms with Crippen molar-refractivity contribution >= 4 is 29.5 Å². The van der Waals surface area contributed by atoms with Gasteiger partial charge in [0.15, 0.2) is 24.3 Å². The molecule has 0 N–H and O–H groups in total. The third-order valence-corrected chi connectivity index (χ3v) is 11.7. The molecule has 32 heavy (non-hydrogen) atoms. The van der Waals surface area contributed by atoms with Crippen LogP contribution >= 0.6 is 0 Å². The molecular formula is C23H20O6S3. The van der Waals surface area contributed by atoms with Crippen molar-refractivity contribution < 1.29 is 25.3 Å². The Hall–Kier alpha value is -2.97. The number of allylic oxidation sites excluding steroid dienone is 1. The van der Waals surface area contributed by atoms with Crippen LogP contribution in [0.25, 0.3) is 0 Å². The largest absolute Gasteiger partial charge is 0.222 e. The summed E-state index contributed by atoms with van der Waals surface area (Å²) in [5.74, 6) is 0. The molecule has 166 valence electrons. The predicted octanol–water partition coefficient (Wildman–Crippen LogP) is 3.79. The minimum absolute atomic E-state index is 0.112. The number of hydrogen-bond acceptors (Lipinski definition) is 6. The second-order valence-corrected chi connectivity index (χ2v) is 13.3. The highest BCUT2D eigenvalue weighted by atomic mass is 32.3. The number of hydrogen-bond donors (Lipinski definition) is 0. The first-order valence-electron chi connectivity index (χ1n) is 9.39. The molecule has 0 aliphatic carbocycles. The highest BCUT2D eigenvalue weighted by Gasteiger charge is 2.42. The predicted molar refractivity (Wildman–Crippen MR) is 122 cm³/mol. The number of benzene rings is 3. The van der Waals surface area contributed by atoms with Crippen LogP contribution in [-0.4, -0.2) is 29.8 Å². The number of sulfone groups is 3. The van der Waals surface area contributed by atoms with Crippen LogP contribution in [0.5, 0.6) is 0 Å². The maximum atomic E-state index is 13.4. The van der Waals surface area contributed by atoms with Crippen LogP contribution in [0, 0.1) is 0 Å². The summed E-state index contributed by atoms with van der Waals surface area (Å²) in [6.07, 6.45) is -0.838. The van der Waals surface area contributed by atoms with Crippen molar-refractivity contribution in [2.75, 3.05) is 0 Å². The van der Waals surface area contributed by atoms with Crippen LogP contribution in [0.4, 0.5) is 0 Å². The lowest BCUT2D eigenvalue weighted by molar-refractivity contribution is 0.573. The number of rotatable bonds is 8. The SMILES string of the molecule is C=C=C(CC(S(=O)(=O)c1ccccc1)S(=O)(=O)c1ccccc1)S(=O)(=O)c1ccccc1. The normalized spacial score (nSPS) is 12.3. The molecular weight excluding hydrogens is 468 g/mol. The average Bonchev–Trinajstić information content (AvgIpc) is 2.81. The van der Waals surface area contributed by atoms with E-state index in [0.29, 0.717) is 0 Å². The molecule has 9 heteroatoms. The summed E-state index contributed by atoms with van der Waals surface area (Å²) in [7, 11) is -13.2. The van der Waals surface area contributed by atoms with Crippen molar-refractivity contribution in [3.63, 3.8) is 0 Å². The topological polar surface area (TPSA) is 102 Å². The van der Waals surface area contributed by atoms with Gasteiger partial charge in [-0.3, -0.25) is 0 Å². The Balaban J connectivity index is 2.19. The highest BCUT2D eigenvalue weighted by Crippen LogP contribution is 2.33. The molecule has 0 amide bonds. The first-order valence-corrected chi connectivity index (χ1v) is 14.0. The summed E-state index contributed by atoms with van der Waals surface area (Å²) in [6, 6.07) is 21.4. The van der Waals surface area contributed by atoms with Gasteiger partial charge in [0.05, 0.1) is 19.6 Å². The first-order chi connectivity index (χ1) is 15.1. The van der Waals surface area contributed by atoms with Gasteiger partial charge in [-0.05, 0) is 36.4 Å². The van der Waals surface area contributed by atoms with Crippen LogP contribution < -0.4 is 0 Å². The molecule has 6 nitrogen and oxygen atoms in total. The van der Waals surface area contributed by atoms with Crippen LogP contribution in [0.2, 0.25) is 0 Å². The van der Waals surface area contributed by atoms with Crippen LogP contribution in [0.1, 0.15) is 6.42 Å². The molecule has 0 atom stereocenters. The molecule has 0 bridgehead atoms. The zero-order chi connectivity index (χ0) is 23.4. The van der Waals surface area contributed by atoms with Gasteiger partial charge in [-0.15, -0.1) is 5.73 Å². The van der Waals surface area contributed by atoms with E-state index in [1.807, 2.05) is 0 Å². The lowest BCUT2D eigenvalue weighted by Crippen LogP contribution is -2.32. The molecule has 3 aromatic rings. The van der Waals surface area contributed by atoms with Crippen LogP contribution in [-0.2, 0) is 29.5 Å². The zero-order valence-electron chi connectivity index (χ0n) is 16.8. The molecule has 0 saturated heterocycles. The van der Waals surface area contributed by atoms with Gasteiger partial charge < -0.3 is 0 Å². The van der Waals surface area contributed by atoms with E-state index in [-0.39, 0.29) is 14.7 Å². The maximum Gasteiger partial charge on any atom is 0.210 e. The van der Waals surface area contributed by atoms with E-state index < -0.39 is 45.4 Å². The summed E-state index contributed by atoms with van der Waals surface area (Å²) in [4.78, 5) is -1.10. The minimum atomic E-state index is -4.50. The molecule has 0 unspecified atom stereocenters. The molecule has 0 radical (unpaired) electrons. The molecule has 3 rings (SSSR count). The molecule has 0 fully saturated rings. The fraction of sp³-hybridized carbons (Fsp3) is 0.0870. The quantitative estimate of drug-likeness (QED) is 0.447. The van der Waals surface area contributed by atoms with Crippen molar-refractivity contribution in [3.8, 4) is 0 Å². The highest BCUT2D eigenvalue weighted by molar-refractivity contribution is 8.09. The van der Waals surface area contributed by atoms with Gasteiger partial charge in [-0.1, -0.05) is 61.2 Å². The fourth-order valence-electron chi connectivity index (χ4n) is 3.08. The summed E-state index contributed by atoms with van der Waals surface area (Å²) < 4.78 is 77.8. The van der Waals surface area contributed by atoms with E-state index in [1.165, 1.54) is 72.8 Å². The van der Waals surface area contributed by atoms with Crippen LogP contribution in [0.15, 0.2) is 123 Å². The Kier molecular flexibility index (Phi) is 6.85. The lowest BCUT2D eigenvalue weighted by Gasteiger charge is -2.19. The molecule has 0 saturated carbocycles. The Morgan fingerprint density at radius 1 is 0.625 bits per heavy atom. The Morgan fingerprint density at radius 3 is 1.31 bits per heavy atom. The monoisotopic (exact) mass is 488 g/mol. The molecule has 0 heterocycles. The van der Waals surface area contributed by atoms with Crippen molar-refractivity contribution in [1.82, 2.24) is 0 Å². The zero-order valence-corrected chi connectivity index (χ0v) is 19.3. The van der Waals surface area contributed by atoms with E-state index >= 15 is 0 Å². The van der Waals surface area contributed by atoms with Crippen LogP contribution in [0.3, 0.4) is 0 Å². The second kappa shape index (κ2) is 9.26. The van der Waals surface area contributed by atoms with Crippen molar-refractivity contribution in [2.45, 2.75) is 25.7 Å². The van der Waals surface area contributed by atoms with Crippen molar-refractivity contribution in [1.29, 1.82) is 0 Å². The van der Waals surface area contributed by atoms with E-state index in [4.69, 9.17) is 0 Å². The molecule has 0 aromatic heterocycles. The van der Waals surface area contributed by atoms with Gasteiger partial charge in [0.25, 0.3) is 0 Å². The lowest BCUT2D eigenvalue weighted by atomic mass is 10.4. The maximum absolute atomic E-state index is 13.4. The van der Waals surface area contributed by atoms with E-state index in [2.05, 4.69) is 12.3 Å². The van der Waals surface area contributed by atoms with Gasteiger partial charge in [-0.2, -0.15) is 0 Å². The first kappa shape index (κ1) is 23.7. The summed E-state index contributed by atoms with van der Waals surface area (Å²) in [5, 5.41) is 0. The van der Waals surface area contributed by atoms with Crippen molar-refractivity contribution in [2.24, 2.45) is 0 Å². The average molecular weight is 489 g/mol. The Bertz CT molecular complexity index is 1390. The minimum Gasteiger partial charge on any atom is -0.222 e. The Morgan fingerprint density at radius 2 is 0.969 bits per heavy atom. The van der Waals surface area contributed by atoms with E-state index in [1.54, 1.807) is 18.2 Å². The van der Waals surface area contributed by atoms with Gasteiger partial charge in [0, 0.05) is 6.42 Å². The summed E-state index contributed by atoms with van der Waals surface area (Å²) in [6.45, 7) is 3.38. The van der Waals surface area contributed by atoms with E-state index in [0.717, 1.165) is 0 Å². The third-order valence-electron chi connectivity index (χ3n) is 4.76. The molecule has 3 aromatic carbocycles. The van der Waals surface area contributed by atoms with Gasteiger partial charge in [-0.25, -0.2) is 25.3 Å².